The van der Waals surface area contributed by atoms with Crippen LogP contribution in [0.5, 0.6) is 0 Å². The third kappa shape index (κ3) is 3.65. The van der Waals surface area contributed by atoms with Gasteiger partial charge in [0.15, 0.2) is 0 Å². The molecule has 0 radical (unpaired) electrons. The highest BCUT2D eigenvalue weighted by atomic mass is 32.1. The maximum atomic E-state index is 12.6. The quantitative estimate of drug-likeness (QED) is 0.825. The van der Waals surface area contributed by atoms with Crippen LogP contribution in [0, 0.1) is 13.8 Å². The zero-order valence-electron chi connectivity index (χ0n) is 15.1. The van der Waals surface area contributed by atoms with E-state index in [9.17, 15) is 4.79 Å². The van der Waals surface area contributed by atoms with Gasteiger partial charge < -0.3 is 14.4 Å². The maximum absolute atomic E-state index is 12.6. The molecule has 6 nitrogen and oxygen atoms in total. The molecule has 2 saturated heterocycles. The molecular formula is C19H23N3O3S. The number of pyridine rings is 1. The van der Waals surface area contributed by atoms with Crippen molar-refractivity contribution in [3.05, 3.63) is 45.7 Å². The number of carbonyl (C=O) groups is 1. The standard InChI is InChI=1S/C19H23N3O3S/c1-13-3-4-15(8-20-13)18(23)22-11-19(12-22)7-17(5-6-25-19)24-9-16-10-26-14(2)21-16/h3-4,8,10,17H,5-7,9,11-12H2,1-2H3/t17-/m0/s1. The first-order chi connectivity index (χ1) is 12.5. The highest BCUT2D eigenvalue weighted by Crippen LogP contribution is 2.36. The van der Waals surface area contributed by atoms with E-state index in [0.29, 0.717) is 31.9 Å². The van der Waals surface area contributed by atoms with Crippen molar-refractivity contribution < 1.29 is 14.3 Å². The molecule has 0 aliphatic carbocycles. The average Bonchev–Trinajstić information content (AvgIpc) is 3.03. The number of hydrogen-bond donors (Lipinski definition) is 0. The highest BCUT2D eigenvalue weighted by Gasteiger charge is 2.49. The van der Waals surface area contributed by atoms with Crippen LogP contribution in [-0.2, 0) is 16.1 Å². The van der Waals surface area contributed by atoms with Crippen molar-refractivity contribution in [2.45, 2.75) is 45.0 Å². The van der Waals surface area contributed by atoms with Gasteiger partial charge in [-0.05, 0) is 32.4 Å². The molecule has 2 aliphatic heterocycles. The van der Waals surface area contributed by atoms with Gasteiger partial charge in [0.25, 0.3) is 5.91 Å². The summed E-state index contributed by atoms with van der Waals surface area (Å²) in [6, 6.07) is 3.70. The van der Waals surface area contributed by atoms with E-state index in [4.69, 9.17) is 9.47 Å². The molecular weight excluding hydrogens is 350 g/mol. The number of carbonyl (C=O) groups excluding carboxylic acids is 1. The molecule has 2 aromatic rings. The zero-order chi connectivity index (χ0) is 18.1. The summed E-state index contributed by atoms with van der Waals surface area (Å²) in [5, 5.41) is 3.11. The Morgan fingerprint density at radius 1 is 1.42 bits per heavy atom. The minimum absolute atomic E-state index is 0.0210. The Bertz CT molecular complexity index is 784. The topological polar surface area (TPSA) is 64.6 Å². The minimum Gasteiger partial charge on any atom is -0.372 e. The Morgan fingerprint density at radius 3 is 2.96 bits per heavy atom. The third-order valence-corrected chi connectivity index (χ3v) is 5.81. The van der Waals surface area contributed by atoms with E-state index >= 15 is 0 Å². The van der Waals surface area contributed by atoms with Crippen molar-refractivity contribution in [3.63, 3.8) is 0 Å². The van der Waals surface area contributed by atoms with Crippen molar-refractivity contribution in [2.24, 2.45) is 0 Å². The summed E-state index contributed by atoms with van der Waals surface area (Å²) in [6.07, 6.45) is 3.52. The molecule has 2 fully saturated rings. The summed E-state index contributed by atoms with van der Waals surface area (Å²) in [7, 11) is 0. The number of aryl methyl sites for hydroxylation is 2. The number of amides is 1. The second-order valence-corrected chi connectivity index (χ2v) is 8.23. The molecule has 7 heteroatoms. The molecule has 0 N–H and O–H groups in total. The van der Waals surface area contributed by atoms with E-state index in [-0.39, 0.29) is 17.6 Å². The van der Waals surface area contributed by atoms with Crippen LogP contribution in [0.3, 0.4) is 0 Å². The van der Waals surface area contributed by atoms with Gasteiger partial charge in [0.05, 0.1) is 42.1 Å². The number of thiazole rings is 1. The Hall–Kier alpha value is -1.83. The lowest BCUT2D eigenvalue weighted by Crippen LogP contribution is -2.67. The smallest absolute Gasteiger partial charge is 0.255 e. The van der Waals surface area contributed by atoms with E-state index in [1.807, 2.05) is 36.3 Å². The van der Waals surface area contributed by atoms with E-state index in [1.165, 1.54) is 0 Å². The summed E-state index contributed by atoms with van der Waals surface area (Å²) < 4.78 is 12.1. The molecule has 4 heterocycles. The third-order valence-electron chi connectivity index (χ3n) is 4.98. The first-order valence-corrected chi connectivity index (χ1v) is 9.79. The van der Waals surface area contributed by atoms with Crippen LogP contribution in [0.15, 0.2) is 23.7 Å². The molecule has 0 unspecified atom stereocenters. The Labute approximate surface area is 157 Å². The van der Waals surface area contributed by atoms with Gasteiger partial charge in [-0.2, -0.15) is 0 Å². The predicted octanol–water partition coefficient (Wildman–Crippen LogP) is 2.75. The van der Waals surface area contributed by atoms with Gasteiger partial charge in [0.2, 0.25) is 0 Å². The van der Waals surface area contributed by atoms with Gasteiger partial charge in [0, 0.05) is 30.3 Å². The van der Waals surface area contributed by atoms with Gasteiger partial charge >= 0.3 is 0 Å². The normalized spacial score (nSPS) is 21.6. The maximum Gasteiger partial charge on any atom is 0.255 e. The fourth-order valence-electron chi connectivity index (χ4n) is 3.59. The number of ether oxygens (including phenoxy) is 2. The first-order valence-electron chi connectivity index (χ1n) is 8.91. The minimum atomic E-state index is -0.255. The summed E-state index contributed by atoms with van der Waals surface area (Å²) in [5.74, 6) is 0.0210. The Balaban J connectivity index is 1.31. The molecule has 138 valence electrons. The number of hydrogen-bond acceptors (Lipinski definition) is 6. The van der Waals surface area contributed by atoms with E-state index in [2.05, 4.69) is 9.97 Å². The van der Waals surface area contributed by atoms with Crippen LogP contribution in [0.1, 0.15) is 39.6 Å². The van der Waals surface area contributed by atoms with Crippen LogP contribution >= 0.6 is 11.3 Å². The molecule has 1 amide bonds. The molecule has 0 saturated carbocycles. The van der Waals surface area contributed by atoms with Gasteiger partial charge in [0.1, 0.15) is 5.60 Å². The number of likely N-dealkylation sites (tertiary alicyclic amines) is 1. The van der Waals surface area contributed by atoms with Crippen molar-refractivity contribution in [2.75, 3.05) is 19.7 Å². The lowest BCUT2D eigenvalue weighted by molar-refractivity contribution is -0.188. The van der Waals surface area contributed by atoms with Gasteiger partial charge in [-0.3, -0.25) is 9.78 Å². The molecule has 4 rings (SSSR count). The summed E-state index contributed by atoms with van der Waals surface area (Å²) in [5.41, 5.74) is 2.28. The van der Waals surface area contributed by atoms with E-state index < -0.39 is 0 Å². The van der Waals surface area contributed by atoms with Crippen LogP contribution in [-0.4, -0.2) is 52.2 Å². The second-order valence-electron chi connectivity index (χ2n) is 7.16. The van der Waals surface area contributed by atoms with Gasteiger partial charge in [-0.15, -0.1) is 11.3 Å². The summed E-state index contributed by atoms with van der Waals surface area (Å²) >= 11 is 1.64. The Morgan fingerprint density at radius 2 is 2.27 bits per heavy atom. The summed E-state index contributed by atoms with van der Waals surface area (Å²) in [6.45, 7) is 6.37. The molecule has 2 aliphatic rings. The molecule has 0 bridgehead atoms. The second kappa shape index (κ2) is 7.06. The predicted molar refractivity (Wildman–Crippen MR) is 98.2 cm³/mol. The number of rotatable bonds is 4. The van der Waals surface area contributed by atoms with Crippen molar-refractivity contribution in [3.8, 4) is 0 Å². The van der Waals surface area contributed by atoms with Crippen molar-refractivity contribution in [1.82, 2.24) is 14.9 Å². The van der Waals surface area contributed by atoms with Gasteiger partial charge in [-0.1, -0.05) is 0 Å². The van der Waals surface area contributed by atoms with E-state index in [0.717, 1.165) is 29.2 Å². The van der Waals surface area contributed by atoms with Crippen molar-refractivity contribution in [1.29, 1.82) is 0 Å². The summed E-state index contributed by atoms with van der Waals surface area (Å²) in [4.78, 5) is 23.0. The largest absolute Gasteiger partial charge is 0.372 e. The number of nitrogens with zero attached hydrogens (tertiary/aromatic N) is 3. The monoisotopic (exact) mass is 373 g/mol. The van der Waals surface area contributed by atoms with Crippen LogP contribution in [0.2, 0.25) is 0 Å². The average molecular weight is 373 g/mol. The molecule has 26 heavy (non-hydrogen) atoms. The highest BCUT2D eigenvalue weighted by molar-refractivity contribution is 7.09. The molecule has 0 aromatic carbocycles. The molecule has 2 aromatic heterocycles. The van der Waals surface area contributed by atoms with Crippen LogP contribution < -0.4 is 0 Å². The van der Waals surface area contributed by atoms with Crippen molar-refractivity contribution >= 4 is 17.2 Å². The Kier molecular flexibility index (Phi) is 4.77. The van der Waals surface area contributed by atoms with E-state index in [1.54, 1.807) is 17.5 Å². The SMILES string of the molecule is Cc1ccc(C(=O)N2CC3(C[C@@H](OCc4csc(C)n4)CCO3)C2)cn1. The zero-order valence-corrected chi connectivity index (χ0v) is 15.9. The number of aromatic nitrogens is 2. The van der Waals surface area contributed by atoms with Crippen LogP contribution in [0.4, 0.5) is 0 Å². The van der Waals surface area contributed by atoms with Crippen LogP contribution in [0.25, 0.3) is 0 Å². The lowest BCUT2D eigenvalue weighted by atomic mass is 9.84. The first kappa shape index (κ1) is 17.6. The lowest BCUT2D eigenvalue weighted by Gasteiger charge is -2.53. The fourth-order valence-corrected chi connectivity index (χ4v) is 4.19. The van der Waals surface area contributed by atoms with Gasteiger partial charge in [-0.25, -0.2) is 4.98 Å². The molecule has 1 atom stereocenters. The fraction of sp³-hybridized carbons (Fsp3) is 0.526. The molecule has 1 spiro atoms.